The molecule has 72 heavy (non-hydrogen) atoms. The van der Waals surface area contributed by atoms with Crippen LogP contribution in [0.5, 0.6) is 28.9 Å². The summed E-state index contributed by atoms with van der Waals surface area (Å²) in [6.45, 7) is 8.54. The van der Waals surface area contributed by atoms with E-state index in [1.165, 1.54) is 29.8 Å². The van der Waals surface area contributed by atoms with Crippen LogP contribution in [-0.2, 0) is 27.3 Å². The van der Waals surface area contributed by atoms with Gasteiger partial charge >= 0.3 is 5.97 Å². The van der Waals surface area contributed by atoms with Crippen LogP contribution in [-0.4, -0.2) is 133 Å². The number of thiophene rings is 1. The van der Waals surface area contributed by atoms with Gasteiger partial charge in [-0.25, -0.2) is 29.1 Å². The SMILES string of the molecule is COC[C@H](COc1ccc(-c2nccc(COc3ccc4cc3C[C@H](C(=O)O)Oc3ncnc5sc(-c6ccc(F)cc6)c(c35)-c3c(C)c(Cl)c(c(Cl)c3C)O[C@H](CN3CCN(C)CC3)CO4)n2)cc1)OC. The molecule has 0 unspecified atom stereocenters. The molecule has 0 amide bonds. The Morgan fingerprint density at radius 2 is 1.62 bits per heavy atom. The number of methoxy groups -OCH3 is 2. The lowest BCUT2D eigenvalue weighted by Crippen LogP contribution is -2.49. The molecule has 376 valence electrons. The molecule has 3 atom stereocenters. The Hall–Kier alpha value is -6.18. The zero-order chi connectivity index (χ0) is 50.5. The number of likely N-dealkylation sites (N-methyl/N-ethyl adjacent to an activating group) is 1. The summed E-state index contributed by atoms with van der Waals surface area (Å²) in [6, 6.07) is 20.5. The Morgan fingerprint density at radius 1 is 0.889 bits per heavy atom. The Labute approximate surface area is 430 Å². The number of hydrogen-bond donors (Lipinski definition) is 1. The van der Waals surface area contributed by atoms with Crippen LogP contribution >= 0.6 is 34.5 Å². The molecule has 10 rings (SSSR count). The maximum atomic E-state index is 14.4. The third-order valence-corrected chi connectivity index (χ3v) is 14.7. The lowest BCUT2D eigenvalue weighted by Gasteiger charge is -2.35. The Kier molecular flexibility index (Phi) is 16.0. The summed E-state index contributed by atoms with van der Waals surface area (Å²) in [4.78, 5) is 37.7. The number of carbonyl (C=O) groups is 1. The average Bonchev–Trinajstić information content (AvgIpc) is 3.77. The first-order valence-corrected chi connectivity index (χ1v) is 24.9. The number of carboxylic acids is 1. The molecule has 0 spiro atoms. The van der Waals surface area contributed by atoms with Crippen LogP contribution < -0.4 is 23.7 Å². The van der Waals surface area contributed by atoms with Gasteiger partial charge in [-0.3, -0.25) is 4.90 Å². The van der Waals surface area contributed by atoms with Crippen molar-refractivity contribution in [2.24, 2.45) is 0 Å². The number of aromatic nitrogens is 4. The number of piperazine rings is 1. The van der Waals surface area contributed by atoms with Crippen LogP contribution in [0.25, 0.3) is 43.2 Å². The van der Waals surface area contributed by atoms with E-state index in [1.807, 2.05) is 38.1 Å². The third-order valence-electron chi connectivity index (χ3n) is 12.7. The number of hydrogen-bond acceptors (Lipinski definition) is 15. The van der Waals surface area contributed by atoms with Crippen LogP contribution in [0.1, 0.15) is 22.4 Å². The number of nitrogens with zero attached hydrogens (tertiary/aromatic N) is 6. The van der Waals surface area contributed by atoms with E-state index >= 15 is 0 Å². The van der Waals surface area contributed by atoms with Gasteiger partial charge in [0.15, 0.2) is 11.6 Å². The monoisotopic (exact) mass is 1040 g/mol. The predicted octanol–water partition coefficient (Wildman–Crippen LogP) is 9.63. The second-order valence-electron chi connectivity index (χ2n) is 17.6. The number of ether oxygens (including phenoxy) is 7. The van der Waals surface area contributed by atoms with Gasteiger partial charge in [-0.1, -0.05) is 35.3 Å². The van der Waals surface area contributed by atoms with E-state index in [-0.39, 0.29) is 41.7 Å². The third kappa shape index (κ3) is 11.4. The molecule has 1 saturated heterocycles. The highest BCUT2D eigenvalue weighted by molar-refractivity contribution is 7.22. The van der Waals surface area contributed by atoms with Gasteiger partial charge < -0.3 is 43.2 Å². The smallest absolute Gasteiger partial charge is 0.345 e. The van der Waals surface area contributed by atoms with Gasteiger partial charge in [0.05, 0.1) is 27.7 Å². The van der Waals surface area contributed by atoms with Crippen molar-refractivity contribution in [1.29, 1.82) is 0 Å². The van der Waals surface area contributed by atoms with Crippen LogP contribution in [0.15, 0.2) is 85.3 Å². The number of benzene rings is 4. The quantitative estimate of drug-likeness (QED) is 0.110. The molecular formula is C53H53Cl2FN6O9S. The average molecular weight is 1040 g/mol. The van der Waals surface area contributed by atoms with Gasteiger partial charge in [0.2, 0.25) is 12.0 Å². The molecule has 0 aliphatic carbocycles. The summed E-state index contributed by atoms with van der Waals surface area (Å²) < 4.78 is 57.2. The van der Waals surface area contributed by atoms with Crippen molar-refractivity contribution in [2.75, 3.05) is 73.8 Å². The fourth-order valence-corrected chi connectivity index (χ4v) is 10.4. The molecule has 7 aromatic rings. The number of halogens is 3. The summed E-state index contributed by atoms with van der Waals surface area (Å²) in [5.74, 6) is 0.637. The van der Waals surface area contributed by atoms with Crippen molar-refractivity contribution in [3.8, 4) is 61.8 Å². The first-order chi connectivity index (χ1) is 34.9. The van der Waals surface area contributed by atoms with Gasteiger partial charge in [-0.05, 0) is 104 Å². The molecule has 0 radical (unpaired) electrons. The minimum Gasteiger partial charge on any atom is -0.491 e. The van der Waals surface area contributed by atoms with Crippen molar-refractivity contribution >= 4 is 50.7 Å². The summed E-state index contributed by atoms with van der Waals surface area (Å²) in [5.41, 5.74) is 5.06. The Bertz CT molecular complexity index is 3020. The van der Waals surface area contributed by atoms with E-state index in [4.69, 9.17) is 61.3 Å². The van der Waals surface area contributed by atoms with E-state index in [0.717, 1.165) is 31.7 Å². The molecule has 4 aromatic carbocycles. The zero-order valence-corrected chi connectivity index (χ0v) is 42.7. The van der Waals surface area contributed by atoms with Crippen molar-refractivity contribution < 1.29 is 47.4 Å². The van der Waals surface area contributed by atoms with Gasteiger partial charge in [0, 0.05) is 81.1 Å². The predicted molar refractivity (Wildman–Crippen MR) is 274 cm³/mol. The summed E-state index contributed by atoms with van der Waals surface area (Å²) in [5, 5.41) is 11.9. The minimum atomic E-state index is -1.48. The van der Waals surface area contributed by atoms with E-state index in [2.05, 4.69) is 31.8 Å². The molecular weight excluding hydrogens is 987 g/mol. The first-order valence-electron chi connectivity index (χ1n) is 23.3. The Morgan fingerprint density at radius 3 is 2.33 bits per heavy atom. The second kappa shape index (κ2) is 22.7. The molecule has 4 bridgehead atoms. The lowest BCUT2D eigenvalue weighted by atomic mass is 9.92. The number of fused-ring (bicyclic) bond motifs is 7. The molecule has 3 aromatic heterocycles. The molecule has 15 nitrogen and oxygen atoms in total. The van der Waals surface area contributed by atoms with Crippen LogP contribution in [0, 0.1) is 19.7 Å². The summed E-state index contributed by atoms with van der Waals surface area (Å²) >= 11 is 16.0. The summed E-state index contributed by atoms with van der Waals surface area (Å²) in [6.07, 6.45) is 0.579. The van der Waals surface area contributed by atoms with E-state index < -0.39 is 24.0 Å². The standard InChI is InChI=1S/C53H53Cl2FN6O9S/c1-30-43-31(2)47(55)48(46(30)54)70-39(24-62-20-18-61(3)19-21-62)27-68-38-14-15-41(69-25-36-16-17-57-50(60-36)33-8-12-37(13-9-33)67-28-40(66-5)26-65-4)34(22-38)23-42(53(63)64)71-51-45-44(43)49(72-52(45)59-29-58-51)32-6-10-35(56)11-7-32/h6-17,22,29,39-40,42H,18-21,23-28H2,1-5H3,(H,63,64)/t39-,40-,42-/m1/s1. The number of aliphatic carboxylic acids is 1. The molecule has 19 heteroatoms. The minimum absolute atomic E-state index is 0.0168. The normalized spacial score (nSPS) is 16.9. The molecule has 6 heterocycles. The van der Waals surface area contributed by atoms with Crippen LogP contribution in [0.3, 0.4) is 0 Å². The summed E-state index contributed by atoms with van der Waals surface area (Å²) in [7, 11) is 5.32. The van der Waals surface area contributed by atoms with Gasteiger partial charge in [-0.2, -0.15) is 0 Å². The van der Waals surface area contributed by atoms with Gasteiger partial charge in [0.1, 0.15) is 66.3 Å². The number of carboxylic acid groups (broad SMARTS) is 1. The largest absolute Gasteiger partial charge is 0.491 e. The van der Waals surface area contributed by atoms with E-state index in [0.29, 0.717) is 103 Å². The van der Waals surface area contributed by atoms with Crippen molar-refractivity contribution in [3.63, 3.8) is 0 Å². The fourth-order valence-electron chi connectivity index (χ4n) is 8.74. The fraction of sp³-hybridized carbons (Fsp3) is 0.340. The molecule has 3 aliphatic heterocycles. The second-order valence-corrected chi connectivity index (χ2v) is 19.4. The van der Waals surface area contributed by atoms with E-state index in [1.54, 1.807) is 56.8 Å². The van der Waals surface area contributed by atoms with Crippen molar-refractivity contribution in [3.05, 3.63) is 124 Å². The highest BCUT2D eigenvalue weighted by atomic mass is 35.5. The maximum absolute atomic E-state index is 14.4. The highest BCUT2D eigenvalue weighted by Gasteiger charge is 2.32. The molecule has 3 aliphatic rings. The zero-order valence-electron chi connectivity index (χ0n) is 40.3. The first kappa shape index (κ1) is 50.7. The molecule has 0 saturated carbocycles. The Balaban J connectivity index is 1.09. The molecule has 1 fully saturated rings. The van der Waals surface area contributed by atoms with Gasteiger partial charge in [-0.15, -0.1) is 11.3 Å². The van der Waals surface area contributed by atoms with Crippen molar-refractivity contribution in [1.82, 2.24) is 29.7 Å². The van der Waals surface area contributed by atoms with Crippen LogP contribution in [0.2, 0.25) is 10.0 Å². The maximum Gasteiger partial charge on any atom is 0.345 e. The van der Waals surface area contributed by atoms with Crippen molar-refractivity contribution in [2.45, 2.75) is 45.2 Å². The number of rotatable bonds is 14. The van der Waals surface area contributed by atoms with E-state index in [9.17, 15) is 14.3 Å². The van der Waals surface area contributed by atoms with Crippen LogP contribution in [0.4, 0.5) is 4.39 Å². The topological polar surface area (TPSA) is 160 Å². The lowest BCUT2D eigenvalue weighted by molar-refractivity contribution is -0.145. The molecule has 1 N–H and O–H groups in total. The van der Waals surface area contributed by atoms with Gasteiger partial charge in [0.25, 0.3) is 0 Å². The highest BCUT2D eigenvalue weighted by Crippen LogP contribution is 2.53.